The normalized spacial score (nSPS) is 24.2. The third-order valence-corrected chi connectivity index (χ3v) is 4.32. The van der Waals surface area contributed by atoms with E-state index in [4.69, 9.17) is 0 Å². The van der Waals surface area contributed by atoms with Gasteiger partial charge in [-0.25, -0.2) is 0 Å². The number of hydrogen-bond donors (Lipinski definition) is 1. The highest BCUT2D eigenvalue weighted by Crippen LogP contribution is 2.32. The summed E-state index contributed by atoms with van der Waals surface area (Å²) in [4.78, 5) is 0. The van der Waals surface area contributed by atoms with Crippen LogP contribution in [0.4, 0.5) is 0 Å². The molecule has 19 heavy (non-hydrogen) atoms. The van der Waals surface area contributed by atoms with Gasteiger partial charge in [0.05, 0.1) is 0 Å². The van der Waals surface area contributed by atoms with Crippen molar-refractivity contribution in [1.82, 2.24) is 5.32 Å². The van der Waals surface area contributed by atoms with E-state index in [1.807, 2.05) is 0 Å². The minimum Gasteiger partial charge on any atom is -0.314 e. The lowest BCUT2D eigenvalue weighted by Crippen LogP contribution is -2.30. The van der Waals surface area contributed by atoms with Gasteiger partial charge < -0.3 is 5.32 Å². The molecule has 0 amide bonds. The maximum atomic E-state index is 3.74. The maximum Gasteiger partial charge on any atom is 0.00728 e. The quantitative estimate of drug-likeness (QED) is 0.772. The second-order valence-corrected chi connectivity index (χ2v) is 6.29. The first kappa shape index (κ1) is 14.6. The molecule has 0 radical (unpaired) electrons. The van der Waals surface area contributed by atoms with Crippen LogP contribution in [-0.2, 0) is 0 Å². The van der Waals surface area contributed by atoms with Gasteiger partial charge in [-0.15, -0.1) is 0 Å². The Morgan fingerprint density at radius 3 is 2.42 bits per heavy atom. The minimum absolute atomic E-state index is 0.730. The summed E-state index contributed by atoms with van der Waals surface area (Å²) in [5.41, 5.74) is 4.40. The van der Waals surface area contributed by atoms with E-state index in [0.29, 0.717) is 0 Å². The monoisotopic (exact) mass is 259 g/mol. The largest absolute Gasteiger partial charge is 0.314 e. The average molecular weight is 259 g/mol. The van der Waals surface area contributed by atoms with Crippen LogP contribution >= 0.6 is 0 Å². The highest BCUT2D eigenvalue weighted by atomic mass is 14.9. The van der Waals surface area contributed by atoms with E-state index in [-0.39, 0.29) is 0 Å². The molecule has 1 aromatic carbocycles. The molecule has 2 atom stereocenters. The molecule has 1 aromatic rings. The molecular formula is C18H29N. The Morgan fingerprint density at radius 1 is 1.05 bits per heavy atom. The molecule has 0 aliphatic heterocycles. The summed E-state index contributed by atoms with van der Waals surface area (Å²) in [6, 6.07) is 7.82. The van der Waals surface area contributed by atoms with Crippen LogP contribution in [0.5, 0.6) is 0 Å². The first-order valence-electron chi connectivity index (χ1n) is 8.00. The van der Waals surface area contributed by atoms with Crippen molar-refractivity contribution in [1.29, 1.82) is 0 Å². The van der Waals surface area contributed by atoms with Gasteiger partial charge in [-0.3, -0.25) is 0 Å². The van der Waals surface area contributed by atoms with Crippen LogP contribution in [0.3, 0.4) is 0 Å². The van der Waals surface area contributed by atoms with Crippen molar-refractivity contribution in [2.24, 2.45) is 0 Å². The molecule has 1 nitrogen and oxygen atoms in total. The Balaban J connectivity index is 2.08. The van der Waals surface area contributed by atoms with Gasteiger partial charge in [-0.2, -0.15) is 0 Å². The summed E-state index contributed by atoms with van der Waals surface area (Å²) in [5.74, 6) is 0.760. The van der Waals surface area contributed by atoms with E-state index in [1.165, 1.54) is 56.2 Å². The predicted molar refractivity (Wildman–Crippen MR) is 83.8 cm³/mol. The second-order valence-electron chi connectivity index (χ2n) is 6.29. The van der Waals surface area contributed by atoms with Crippen LogP contribution in [0.25, 0.3) is 0 Å². The van der Waals surface area contributed by atoms with Gasteiger partial charge in [0.2, 0.25) is 0 Å². The van der Waals surface area contributed by atoms with Crippen molar-refractivity contribution >= 4 is 0 Å². The zero-order valence-corrected chi connectivity index (χ0v) is 12.8. The molecule has 2 unspecified atom stereocenters. The van der Waals surface area contributed by atoms with Crippen LogP contribution in [0.1, 0.15) is 68.1 Å². The highest BCUT2D eigenvalue weighted by molar-refractivity contribution is 5.31. The summed E-state index contributed by atoms with van der Waals surface area (Å²) in [6.07, 6.45) is 8.08. The Bertz CT molecular complexity index is 376. The standard InChI is InChI=1S/C18H29N/c1-4-9-19-18-8-6-5-7-16(13-18)17-11-14(2)10-15(3)12-17/h10-12,16,18-19H,4-9,13H2,1-3H3. The SMILES string of the molecule is CCCNC1CCCCC(c2cc(C)cc(C)c2)C1. The molecule has 0 bridgehead atoms. The topological polar surface area (TPSA) is 12.0 Å². The molecule has 0 heterocycles. The molecule has 1 aliphatic carbocycles. The Kier molecular flexibility index (Phi) is 5.45. The number of aryl methyl sites for hydroxylation is 2. The van der Waals surface area contributed by atoms with Gasteiger partial charge >= 0.3 is 0 Å². The van der Waals surface area contributed by atoms with Gasteiger partial charge in [-0.05, 0) is 57.6 Å². The third-order valence-electron chi connectivity index (χ3n) is 4.32. The van der Waals surface area contributed by atoms with Crippen molar-refractivity contribution in [2.75, 3.05) is 6.54 Å². The zero-order valence-electron chi connectivity index (χ0n) is 12.8. The van der Waals surface area contributed by atoms with E-state index < -0.39 is 0 Å². The minimum atomic E-state index is 0.730. The number of hydrogen-bond acceptors (Lipinski definition) is 1. The van der Waals surface area contributed by atoms with Gasteiger partial charge in [0.1, 0.15) is 0 Å². The van der Waals surface area contributed by atoms with Crippen LogP contribution < -0.4 is 5.32 Å². The van der Waals surface area contributed by atoms with Crippen LogP contribution in [0.2, 0.25) is 0 Å². The second kappa shape index (κ2) is 7.09. The summed E-state index contributed by atoms with van der Waals surface area (Å²) >= 11 is 0. The lowest BCUT2D eigenvalue weighted by Gasteiger charge is -2.22. The third kappa shape index (κ3) is 4.35. The van der Waals surface area contributed by atoms with Crippen molar-refractivity contribution in [3.05, 3.63) is 34.9 Å². The van der Waals surface area contributed by atoms with Crippen molar-refractivity contribution in [2.45, 2.75) is 71.3 Å². The number of nitrogens with one attached hydrogen (secondary N) is 1. The maximum absolute atomic E-state index is 3.74. The predicted octanol–water partition coefficient (Wildman–Crippen LogP) is 4.72. The van der Waals surface area contributed by atoms with Crippen molar-refractivity contribution < 1.29 is 0 Å². The fourth-order valence-electron chi connectivity index (χ4n) is 3.44. The summed E-state index contributed by atoms with van der Waals surface area (Å²) in [7, 11) is 0. The summed E-state index contributed by atoms with van der Waals surface area (Å²) < 4.78 is 0. The molecule has 1 heteroatoms. The van der Waals surface area contributed by atoms with Crippen LogP contribution in [0, 0.1) is 13.8 Å². The fraction of sp³-hybridized carbons (Fsp3) is 0.667. The Morgan fingerprint density at radius 2 is 1.74 bits per heavy atom. The lowest BCUT2D eigenvalue weighted by molar-refractivity contribution is 0.439. The zero-order chi connectivity index (χ0) is 13.7. The molecule has 106 valence electrons. The van der Waals surface area contributed by atoms with Crippen molar-refractivity contribution in [3.63, 3.8) is 0 Å². The van der Waals surface area contributed by atoms with Crippen LogP contribution in [-0.4, -0.2) is 12.6 Å². The highest BCUT2D eigenvalue weighted by Gasteiger charge is 2.21. The van der Waals surface area contributed by atoms with Gasteiger partial charge in [-0.1, -0.05) is 49.1 Å². The Hall–Kier alpha value is -0.820. The summed E-state index contributed by atoms with van der Waals surface area (Å²) in [5, 5.41) is 3.74. The summed E-state index contributed by atoms with van der Waals surface area (Å²) in [6.45, 7) is 7.87. The molecule has 0 spiro atoms. The molecule has 0 saturated heterocycles. The fourth-order valence-corrected chi connectivity index (χ4v) is 3.44. The molecule has 1 aliphatic rings. The van der Waals surface area contributed by atoms with Gasteiger partial charge in [0.15, 0.2) is 0 Å². The average Bonchev–Trinajstić information content (AvgIpc) is 2.60. The molecule has 1 saturated carbocycles. The van der Waals surface area contributed by atoms with E-state index >= 15 is 0 Å². The Labute approximate surface area is 118 Å². The molecular weight excluding hydrogens is 230 g/mol. The number of benzene rings is 1. The molecule has 1 N–H and O–H groups in total. The molecule has 1 fully saturated rings. The van der Waals surface area contributed by atoms with Gasteiger partial charge in [0.25, 0.3) is 0 Å². The molecule has 2 rings (SSSR count). The first-order chi connectivity index (χ1) is 9.19. The van der Waals surface area contributed by atoms with E-state index in [2.05, 4.69) is 44.3 Å². The van der Waals surface area contributed by atoms with Crippen molar-refractivity contribution in [3.8, 4) is 0 Å². The van der Waals surface area contributed by atoms with E-state index in [9.17, 15) is 0 Å². The van der Waals surface area contributed by atoms with Crippen LogP contribution in [0.15, 0.2) is 18.2 Å². The first-order valence-corrected chi connectivity index (χ1v) is 8.00. The smallest absolute Gasteiger partial charge is 0.00728 e. The number of rotatable bonds is 4. The molecule has 0 aromatic heterocycles. The van der Waals surface area contributed by atoms with E-state index in [0.717, 1.165) is 12.0 Å². The lowest BCUT2D eigenvalue weighted by atomic mass is 9.88. The van der Waals surface area contributed by atoms with E-state index in [1.54, 1.807) is 5.56 Å². The van der Waals surface area contributed by atoms with Gasteiger partial charge in [0, 0.05) is 6.04 Å².